The van der Waals surface area contributed by atoms with Gasteiger partial charge in [-0.05, 0) is 74.6 Å². The van der Waals surface area contributed by atoms with Gasteiger partial charge >= 0.3 is 6.11 Å². The number of ether oxygens (including phenoxy) is 1. The Hall–Kier alpha value is -2.65. The number of allylic oxidation sites excluding steroid dienone is 2. The lowest BCUT2D eigenvalue weighted by Gasteiger charge is -2.27. The molecule has 0 saturated heterocycles. The number of alkyl halides is 2. The molecule has 2 aromatic carbocycles. The third-order valence-corrected chi connectivity index (χ3v) is 5.93. The summed E-state index contributed by atoms with van der Waals surface area (Å²) in [6, 6.07) is 9.20. The van der Waals surface area contributed by atoms with Crippen molar-refractivity contribution in [3.8, 4) is 6.07 Å². The first-order valence-electron chi connectivity index (χ1n) is 10.4. The van der Waals surface area contributed by atoms with Crippen LogP contribution in [0.2, 0.25) is 0 Å². The summed E-state index contributed by atoms with van der Waals surface area (Å²) in [7, 11) is 0. The highest BCUT2D eigenvalue weighted by molar-refractivity contribution is 5.36. The average Bonchev–Trinajstić information content (AvgIpc) is 2.74. The zero-order chi connectivity index (χ0) is 22.6. The summed E-state index contributed by atoms with van der Waals surface area (Å²) in [6.07, 6.45) is 3.60. The summed E-state index contributed by atoms with van der Waals surface area (Å²) >= 11 is 0. The van der Waals surface area contributed by atoms with Gasteiger partial charge in [-0.1, -0.05) is 36.4 Å². The lowest BCUT2D eigenvalue weighted by Crippen LogP contribution is -2.21. The van der Waals surface area contributed by atoms with Gasteiger partial charge < -0.3 is 4.74 Å². The summed E-state index contributed by atoms with van der Waals surface area (Å²) in [5.74, 6) is -1.26. The first-order chi connectivity index (χ1) is 14.7. The fraction of sp³-hybridized carbons (Fsp3) is 0.400. The normalized spacial score (nSPS) is 20.5. The van der Waals surface area contributed by atoms with Gasteiger partial charge in [0.2, 0.25) is 0 Å². The van der Waals surface area contributed by atoms with E-state index in [0.717, 1.165) is 43.4 Å². The smallest absolute Gasteiger partial charge is 0.309 e. The van der Waals surface area contributed by atoms with Crippen LogP contribution in [0.25, 0.3) is 0 Å². The van der Waals surface area contributed by atoms with Crippen molar-refractivity contribution in [3.63, 3.8) is 0 Å². The first-order valence-corrected chi connectivity index (χ1v) is 10.4. The van der Waals surface area contributed by atoms with Crippen molar-refractivity contribution >= 4 is 0 Å². The van der Waals surface area contributed by atoms with Crippen LogP contribution in [0.3, 0.4) is 0 Å². The Morgan fingerprint density at radius 1 is 1.06 bits per heavy atom. The van der Waals surface area contributed by atoms with E-state index in [4.69, 9.17) is 10.00 Å². The van der Waals surface area contributed by atoms with Crippen LogP contribution in [0, 0.1) is 28.9 Å². The molecule has 6 heteroatoms. The number of hydrogen-bond acceptors (Lipinski definition) is 2. The largest absolute Gasteiger partial charge is 0.383 e. The summed E-state index contributed by atoms with van der Waals surface area (Å²) < 4.78 is 61.8. The molecule has 1 saturated carbocycles. The predicted molar refractivity (Wildman–Crippen MR) is 110 cm³/mol. The van der Waals surface area contributed by atoms with Crippen molar-refractivity contribution in [1.82, 2.24) is 0 Å². The molecule has 0 spiro atoms. The predicted octanol–water partition coefficient (Wildman–Crippen LogP) is 7.51. The highest BCUT2D eigenvalue weighted by Crippen LogP contribution is 2.39. The van der Waals surface area contributed by atoms with Crippen molar-refractivity contribution in [2.24, 2.45) is 5.92 Å². The monoisotopic (exact) mass is 431 g/mol. The van der Waals surface area contributed by atoms with Gasteiger partial charge in [-0.2, -0.15) is 14.0 Å². The van der Waals surface area contributed by atoms with E-state index >= 15 is 0 Å². The van der Waals surface area contributed by atoms with Crippen LogP contribution in [0.4, 0.5) is 17.6 Å². The van der Waals surface area contributed by atoms with Crippen LogP contribution in [-0.2, 0) is 10.8 Å². The third-order valence-electron chi connectivity index (χ3n) is 5.93. The van der Waals surface area contributed by atoms with Crippen molar-refractivity contribution in [2.75, 3.05) is 0 Å². The Morgan fingerprint density at radius 3 is 2.16 bits per heavy atom. The molecule has 0 amide bonds. The third kappa shape index (κ3) is 5.34. The number of halogens is 4. The number of hydrogen-bond donors (Lipinski definition) is 0. The Morgan fingerprint density at radius 2 is 1.65 bits per heavy atom. The minimum atomic E-state index is -3.64. The van der Waals surface area contributed by atoms with Crippen LogP contribution in [0.5, 0.6) is 0 Å². The molecule has 0 aromatic heterocycles. The summed E-state index contributed by atoms with van der Waals surface area (Å²) in [4.78, 5) is 0. The average molecular weight is 431 g/mol. The molecule has 3 rings (SSSR count). The molecule has 0 bridgehead atoms. The fourth-order valence-electron chi connectivity index (χ4n) is 4.16. The topological polar surface area (TPSA) is 33.0 Å². The van der Waals surface area contributed by atoms with E-state index in [1.807, 2.05) is 6.92 Å². The van der Waals surface area contributed by atoms with Crippen molar-refractivity contribution in [1.29, 1.82) is 5.26 Å². The maximum atomic E-state index is 14.7. The van der Waals surface area contributed by atoms with Crippen LogP contribution < -0.4 is 0 Å². The lowest BCUT2D eigenvalue weighted by atomic mass is 9.78. The van der Waals surface area contributed by atoms with Gasteiger partial charge in [-0.25, -0.2) is 8.78 Å². The fourth-order valence-corrected chi connectivity index (χ4v) is 4.16. The Balaban J connectivity index is 1.69. The maximum absolute atomic E-state index is 14.7. The highest BCUT2D eigenvalue weighted by Gasteiger charge is 2.36. The van der Waals surface area contributed by atoms with Crippen molar-refractivity contribution < 1.29 is 22.3 Å². The zero-order valence-corrected chi connectivity index (χ0v) is 17.5. The van der Waals surface area contributed by atoms with Crippen LogP contribution in [0.15, 0.2) is 48.6 Å². The summed E-state index contributed by atoms with van der Waals surface area (Å²) in [5.41, 5.74) is -0.149. The van der Waals surface area contributed by atoms with Gasteiger partial charge in [0.1, 0.15) is 23.3 Å². The van der Waals surface area contributed by atoms with E-state index in [0.29, 0.717) is 11.8 Å². The van der Waals surface area contributed by atoms with E-state index in [-0.39, 0.29) is 11.1 Å². The van der Waals surface area contributed by atoms with E-state index < -0.39 is 29.4 Å². The minimum Gasteiger partial charge on any atom is -0.309 e. The van der Waals surface area contributed by atoms with Gasteiger partial charge in [0.05, 0.1) is 11.7 Å². The molecule has 1 unspecified atom stereocenters. The Bertz CT molecular complexity index is 947. The van der Waals surface area contributed by atoms with Gasteiger partial charge in [-0.3, -0.25) is 0 Å². The van der Waals surface area contributed by atoms with Gasteiger partial charge in [0.25, 0.3) is 0 Å². The second-order valence-electron chi connectivity index (χ2n) is 8.01. The van der Waals surface area contributed by atoms with Crippen LogP contribution in [-0.4, -0.2) is 0 Å². The zero-order valence-electron chi connectivity index (χ0n) is 17.5. The van der Waals surface area contributed by atoms with Gasteiger partial charge in [0.15, 0.2) is 0 Å². The van der Waals surface area contributed by atoms with Crippen LogP contribution >= 0.6 is 0 Å². The van der Waals surface area contributed by atoms with Crippen LogP contribution in [0.1, 0.15) is 73.8 Å². The molecule has 0 radical (unpaired) electrons. The standard InChI is InChI=1S/C25H25F4NO/c1-3-4-17-5-7-18(8-6-17)19-9-11-21(12-10-19)25(28,29)31-16(2)20-13-23(26)22(15-30)24(27)14-20/h3-4,9-14,16-18H,5-8H2,1-2H3/b4-3+. The molecule has 1 aliphatic carbocycles. The van der Waals surface area contributed by atoms with Gasteiger partial charge in [0, 0.05) is 0 Å². The summed E-state index contributed by atoms with van der Waals surface area (Å²) in [6.45, 7) is 3.30. The molecule has 2 nitrogen and oxygen atoms in total. The first kappa shape index (κ1) is 23.0. The highest BCUT2D eigenvalue weighted by atomic mass is 19.3. The second-order valence-corrected chi connectivity index (χ2v) is 8.01. The molecular formula is C25H25F4NO. The van der Waals surface area contributed by atoms with Crippen molar-refractivity contribution in [2.45, 2.75) is 57.7 Å². The Kier molecular flexibility index (Phi) is 7.17. The SMILES string of the molecule is C/C=C/C1CCC(c2ccc(C(F)(F)OC(C)c3cc(F)c(C#N)c(F)c3)cc2)CC1. The molecule has 31 heavy (non-hydrogen) atoms. The van der Waals surface area contributed by atoms with Crippen molar-refractivity contribution in [3.05, 3.63) is 82.4 Å². The second kappa shape index (κ2) is 9.65. The molecule has 164 valence electrons. The Labute approximate surface area is 180 Å². The molecule has 1 fully saturated rings. The number of nitriles is 1. The number of rotatable bonds is 6. The molecular weight excluding hydrogens is 406 g/mol. The molecule has 1 atom stereocenters. The minimum absolute atomic E-state index is 0.108. The lowest BCUT2D eigenvalue weighted by molar-refractivity contribution is -0.272. The molecule has 0 aliphatic heterocycles. The van der Waals surface area contributed by atoms with E-state index in [9.17, 15) is 17.6 Å². The molecule has 0 heterocycles. The molecule has 1 aliphatic rings. The summed E-state index contributed by atoms with van der Waals surface area (Å²) in [5, 5.41) is 8.73. The quantitative estimate of drug-likeness (QED) is 0.350. The molecule has 2 aromatic rings. The van der Waals surface area contributed by atoms with E-state index in [1.54, 1.807) is 12.1 Å². The number of nitrogens with zero attached hydrogens (tertiary/aromatic N) is 1. The van der Waals surface area contributed by atoms with E-state index in [2.05, 4.69) is 12.2 Å². The number of benzene rings is 2. The van der Waals surface area contributed by atoms with Gasteiger partial charge in [-0.15, -0.1) is 0 Å². The van der Waals surface area contributed by atoms with E-state index in [1.165, 1.54) is 25.1 Å². The maximum Gasteiger partial charge on any atom is 0.383 e. The molecule has 0 N–H and O–H groups in total.